The lowest BCUT2D eigenvalue weighted by Gasteiger charge is -2.34. The lowest BCUT2D eigenvalue weighted by molar-refractivity contribution is -0.140. The predicted molar refractivity (Wildman–Crippen MR) is 170 cm³/mol. The molecule has 0 heterocycles. The normalized spacial score (nSPS) is 14.4. The summed E-state index contributed by atoms with van der Waals surface area (Å²) in [7, 11) is -4.00. The van der Waals surface area contributed by atoms with E-state index in [1.807, 2.05) is 61.5 Å². The second-order valence-electron chi connectivity index (χ2n) is 10.6. The zero-order valence-corrected chi connectivity index (χ0v) is 26.6. The molecule has 0 aromatic heterocycles. The van der Waals surface area contributed by atoms with Gasteiger partial charge in [0.2, 0.25) is 21.8 Å². The Morgan fingerprint density at radius 3 is 2.19 bits per heavy atom. The minimum Gasteiger partial charge on any atom is -0.352 e. The van der Waals surface area contributed by atoms with Crippen molar-refractivity contribution in [3.8, 4) is 0 Å². The van der Waals surface area contributed by atoms with E-state index in [4.69, 9.17) is 34.8 Å². The third-order valence-electron chi connectivity index (χ3n) is 7.51. The quantitative estimate of drug-likeness (QED) is 0.243. The Labute approximate surface area is 262 Å². The Balaban J connectivity index is 1.76. The highest BCUT2D eigenvalue weighted by Crippen LogP contribution is 2.36. The van der Waals surface area contributed by atoms with Gasteiger partial charge in [-0.05, 0) is 48.6 Å². The Morgan fingerprint density at radius 2 is 1.55 bits per heavy atom. The van der Waals surface area contributed by atoms with Crippen LogP contribution in [-0.2, 0) is 32.6 Å². The van der Waals surface area contributed by atoms with E-state index in [2.05, 4.69) is 5.32 Å². The van der Waals surface area contributed by atoms with Crippen molar-refractivity contribution in [3.05, 3.63) is 98.5 Å². The molecule has 0 saturated heterocycles. The number of halogens is 3. The summed E-state index contributed by atoms with van der Waals surface area (Å²) in [6.45, 7) is 1.44. The van der Waals surface area contributed by atoms with Gasteiger partial charge in [0.25, 0.3) is 0 Å². The summed E-state index contributed by atoms with van der Waals surface area (Å²) in [4.78, 5) is 29.7. The fraction of sp³-hybridized carbons (Fsp3) is 0.355. The van der Waals surface area contributed by atoms with Crippen LogP contribution in [0.2, 0.25) is 15.1 Å². The molecule has 0 spiro atoms. The smallest absolute Gasteiger partial charge is 0.244 e. The van der Waals surface area contributed by atoms with E-state index in [0.29, 0.717) is 0 Å². The van der Waals surface area contributed by atoms with E-state index in [0.717, 1.165) is 52.9 Å². The maximum Gasteiger partial charge on any atom is 0.244 e. The molecule has 11 heteroatoms. The van der Waals surface area contributed by atoms with Gasteiger partial charge in [-0.25, -0.2) is 8.42 Å². The highest BCUT2D eigenvalue weighted by atomic mass is 35.5. The number of carbonyl (C=O) groups is 2. The van der Waals surface area contributed by atoms with E-state index in [9.17, 15) is 18.0 Å². The molecule has 1 saturated carbocycles. The molecule has 1 N–H and O–H groups in total. The van der Waals surface area contributed by atoms with Crippen LogP contribution < -0.4 is 9.62 Å². The molecule has 7 nitrogen and oxygen atoms in total. The van der Waals surface area contributed by atoms with Crippen LogP contribution in [0, 0.1) is 6.92 Å². The molecule has 2 amide bonds. The fourth-order valence-electron chi connectivity index (χ4n) is 5.19. The molecule has 3 aromatic rings. The average Bonchev–Trinajstić information content (AvgIpc) is 3.45. The summed E-state index contributed by atoms with van der Waals surface area (Å²) in [6.07, 6.45) is 5.07. The van der Waals surface area contributed by atoms with Crippen LogP contribution in [0.4, 0.5) is 5.69 Å². The Morgan fingerprint density at radius 1 is 0.929 bits per heavy atom. The van der Waals surface area contributed by atoms with E-state index in [1.54, 1.807) is 0 Å². The lowest BCUT2D eigenvalue weighted by Crippen LogP contribution is -2.54. The second-order valence-corrected chi connectivity index (χ2v) is 13.8. The third kappa shape index (κ3) is 8.19. The van der Waals surface area contributed by atoms with Gasteiger partial charge in [-0.2, -0.15) is 0 Å². The number of benzene rings is 3. The predicted octanol–water partition coefficient (Wildman–Crippen LogP) is 6.42. The van der Waals surface area contributed by atoms with E-state index >= 15 is 0 Å². The van der Waals surface area contributed by atoms with Gasteiger partial charge in [-0.15, -0.1) is 0 Å². The molecule has 0 radical (unpaired) electrons. The molecule has 1 aliphatic rings. The molecule has 3 aromatic carbocycles. The van der Waals surface area contributed by atoms with Crippen LogP contribution >= 0.6 is 34.8 Å². The van der Waals surface area contributed by atoms with Crippen molar-refractivity contribution in [3.63, 3.8) is 0 Å². The van der Waals surface area contributed by atoms with Crippen LogP contribution in [0.5, 0.6) is 0 Å². The highest BCUT2D eigenvalue weighted by Gasteiger charge is 2.35. The maximum absolute atomic E-state index is 14.3. The summed E-state index contributed by atoms with van der Waals surface area (Å²) in [5.74, 6) is -0.834. The van der Waals surface area contributed by atoms with Gasteiger partial charge in [0.15, 0.2) is 0 Å². The lowest BCUT2D eigenvalue weighted by atomic mass is 10.0. The monoisotopic (exact) mass is 649 g/mol. The molecular weight excluding hydrogens is 617 g/mol. The van der Waals surface area contributed by atoms with Crippen molar-refractivity contribution in [1.82, 2.24) is 10.2 Å². The van der Waals surface area contributed by atoms with Crippen molar-refractivity contribution in [2.75, 3.05) is 17.1 Å². The van der Waals surface area contributed by atoms with Crippen LogP contribution in [-0.4, -0.2) is 50.0 Å². The van der Waals surface area contributed by atoms with Crippen LogP contribution in [0.25, 0.3) is 0 Å². The molecule has 1 atom stereocenters. The molecule has 0 bridgehead atoms. The first-order valence-electron chi connectivity index (χ1n) is 13.7. The minimum absolute atomic E-state index is 0.0211. The molecule has 42 heavy (non-hydrogen) atoms. The molecule has 1 fully saturated rings. The van der Waals surface area contributed by atoms with Gasteiger partial charge >= 0.3 is 0 Å². The highest BCUT2D eigenvalue weighted by molar-refractivity contribution is 7.92. The zero-order chi connectivity index (χ0) is 30.4. The molecule has 1 aliphatic carbocycles. The van der Waals surface area contributed by atoms with Crippen molar-refractivity contribution in [2.45, 2.75) is 57.7 Å². The molecule has 4 rings (SSSR count). The average molecular weight is 651 g/mol. The minimum atomic E-state index is -4.00. The number of hydrogen-bond acceptors (Lipinski definition) is 4. The van der Waals surface area contributed by atoms with Crippen molar-refractivity contribution >= 4 is 62.3 Å². The zero-order valence-electron chi connectivity index (χ0n) is 23.5. The first kappa shape index (κ1) is 32.1. The van der Waals surface area contributed by atoms with Crippen LogP contribution in [0.3, 0.4) is 0 Å². The van der Waals surface area contributed by atoms with Crippen LogP contribution in [0.15, 0.2) is 66.7 Å². The van der Waals surface area contributed by atoms with E-state index in [1.165, 1.54) is 17.0 Å². The third-order valence-corrected chi connectivity index (χ3v) is 9.66. The topological polar surface area (TPSA) is 86.8 Å². The summed E-state index contributed by atoms with van der Waals surface area (Å²) < 4.78 is 26.9. The maximum atomic E-state index is 14.3. The van der Waals surface area contributed by atoms with Gasteiger partial charge in [0.05, 0.1) is 27.0 Å². The van der Waals surface area contributed by atoms with Crippen LogP contribution in [0.1, 0.15) is 42.4 Å². The number of carbonyl (C=O) groups excluding carboxylic acids is 2. The second kappa shape index (κ2) is 14.1. The number of anilines is 1. The number of rotatable bonds is 11. The Bertz CT molecular complexity index is 1530. The van der Waals surface area contributed by atoms with Crippen molar-refractivity contribution < 1.29 is 18.0 Å². The molecule has 0 unspecified atom stereocenters. The number of aryl methyl sites for hydroxylation is 1. The van der Waals surface area contributed by atoms with Crippen molar-refractivity contribution in [2.24, 2.45) is 0 Å². The van der Waals surface area contributed by atoms with Gasteiger partial charge in [-0.1, -0.05) is 102 Å². The molecule has 0 aliphatic heterocycles. The number of hydrogen-bond donors (Lipinski definition) is 1. The number of nitrogens with zero attached hydrogens (tertiary/aromatic N) is 2. The standard InChI is InChI=1S/C31H34Cl3N3O4S/c1-21-10-6-7-13-23(21)19-36(29(16-22-11-4-3-5-12-22)31(39)35-24-14-8-9-15-24)30(38)20-37(42(2,40)41)28-18-26(33)25(32)17-27(28)34/h3-7,10-13,17-18,24,29H,8-9,14-16,19-20H2,1-2H3,(H,35,39)/t29-/m1/s1. The Kier molecular flexibility index (Phi) is 10.8. The first-order valence-corrected chi connectivity index (χ1v) is 16.7. The summed E-state index contributed by atoms with van der Waals surface area (Å²) in [5.41, 5.74) is 2.68. The summed E-state index contributed by atoms with van der Waals surface area (Å²) >= 11 is 18.7. The number of nitrogens with one attached hydrogen (secondary N) is 1. The van der Waals surface area contributed by atoms with E-state index < -0.39 is 28.5 Å². The van der Waals surface area contributed by atoms with Gasteiger partial charge in [-0.3, -0.25) is 13.9 Å². The largest absolute Gasteiger partial charge is 0.352 e. The summed E-state index contributed by atoms with van der Waals surface area (Å²) in [5, 5.41) is 3.42. The van der Waals surface area contributed by atoms with Crippen molar-refractivity contribution in [1.29, 1.82) is 0 Å². The van der Waals surface area contributed by atoms with Gasteiger partial charge in [0, 0.05) is 19.0 Å². The first-order chi connectivity index (χ1) is 19.9. The molecule has 224 valence electrons. The fourth-order valence-corrected chi connectivity index (χ4v) is 6.74. The van der Waals surface area contributed by atoms with E-state index in [-0.39, 0.29) is 45.7 Å². The van der Waals surface area contributed by atoms with Gasteiger partial charge < -0.3 is 10.2 Å². The number of sulfonamides is 1. The number of amides is 2. The molecular formula is C31H34Cl3N3O4S. The Hall–Kier alpha value is -2.78. The SMILES string of the molecule is Cc1ccccc1CN(C(=O)CN(c1cc(Cl)c(Cl)cc1Cl)S(C)(=O)=O)[C@H](Cc1ccccc1)C(=O)NC1CCCC1. The van der Waals surface area contributed by atoms with Gasteiger partial charge in [0.1, 0.15) is 12.6 Å². The summed E-state index contributed by atoms with van der Waals surface area (Å²) in [6, 6.07) is 18.9.